The minimum Gasteiger partial charge on any atom is -0.368 e. The summed E-state index contributed by atoms with van der Waals surface area (Å²) in [6.45, 7) is 0.392. The zero-order chi connectivity index (χ0) is 24.4. The molecule has 6 nitrogen and oxygen atoms in total. The summed E-state index contributed by atoms with van der Waals surface area (Å²) >= 11 is 0. The average molecular weight is 473 g/mol. The second kappa shape index (κ2) is 9.80. The molecule has 0 bridgehead atoms. The quantitative estimate of drug-likeness (QED) is 0.597. The highest BCUT2D eigenvalue weighted by Crippen LogP contribution is 2.28. The summed E-state index contributed by atoms with van der Waals surface area (Å²) in [5.41, 5.74) is 3.13. The lowest BCUT2D eigenvalue weighted by molar-refractivity contribution is -0.138. The summed E-state index contributed by atoms with van der Waals surface area (Å²) in [6.07, 6.45) is 0.468. The summed E-state index contributed by atoms with van der Waals surface area (Å²) in [5.74, 6) is -1.23. The van der Waals surface area contributed by atoms with Gasteiger partial charge >= 0.3 is 0 Å². The van der Waals surface area contributed by atoms with E-state index < -0.39 is 18.0 Å². The lowest BCUT2D eigenvalue weighted by Crippen LogP contribution is -2.53. The number of nitrogens with zero attached hydrogens (tertiary/aromatic N) is 1. The molecule has 2 heterocycles. The van der Waals surface area contributed by atoms with Crippen LogP contribution in [-0.4, -0.2) is 53.8 Å². The van der Waals surface area contributed by atoms with Crippen LogP contribution in [-0.2, 0) is 20.7 Å². The van der Waals surface area contributed by atoms with Crippen LogP contribution in [0.15, 0.2) is 78.9 Å². The molecule has 0 spiro atoms. The maximum atomic E-state index is 13.5. The van der Waals surface area contributed by atoms with E-state index in [9.17, 15) is 18.8 Å². The summed E-state index contributed by atoms with van der Waals surface area (Å²) in [6, 6.07) is 21.3. The van der Waals surface area contributed by atoms with Crippen LogP contribution in [0.4, 0.5) is 4.39 Å². The lowest BCUT2D eigenvalue weighted by atomic mass is 10.0. The van der Waals surface area contributed by atoms with Gasteiger partial charge in [0.05, 0.1) is 6.10 Å². The number of carbonyl (C=O) groups excluding carboxylic acids is 3. The van der Waals surface area contributed by atoms with E-state index in [0.717, 1.165) is 11.1 Å². The lowest BCUT2D eigenvalue weighted by Gasteiger charge is -2.27. The van der Waals surface area contributed by atoms with Crippen LogP contribution in [0.5, 0.6) is 0 Å². The van der Waals surface area contributed by atoms with Crippen LogP contribution in [0.1, 0.15) is 22.3 Å². The predicted molar refractivity (Wildman–Crippen MR) is 128 cm³/mol. The predicted octanol–water partition coefficient (Wildman–Crippen LogP) is 3.40. The molecule has 0 saturated carbocycles. The normalized spacial score (nSPS) is 19.9. The molecule has 3 aromatic rings. The number of fused-ring (bicyclic) bond motifs is 1. The molecule has 0 radical (unpaired) electrons. The molecule has 0 aromatic heterocycles. The Labute approximate surface area is 202 Å². The molecule has 5 rings (SSSR count). The third kappa shape index (κ3) is 4.86. The van der Waals surface area contributed by atoms with Gasteiger partial charge < -0.3 is 15.0 Å². The topological polar surface area (TPSA) is 75.7 Å². The highest BCUT2D eigenvalue weighted by atomic mass is 19.1. The third-order valence-electron chi connectivity index (χ3n) is 6.61. The molecule has 3 unspecified atom stereocenters. The molecule has 2 amide bonds. The number of ether oxygens (including phenoxy) is 1. The number of ketones is 1. The van der Waals surface area contributed by atoms with Gasteiger partial charge in [-0.05, 0) is 47.4 Å². The fourth-order valence-electron chi connectivity index (χ4n) is 4.78. The van der Waals surface area contributed by atoms with Crippen LogP contribution < -0.4 is 5.32 Å². The van der Waals surface area contributed by atoms with Crippen molar-refractivity contribution in [2.24, 2.45) is 0 Å². The molecular weight excluding hydrogens is 447 g/mol. The van der Waals surface area contributed by atoms with Gasteiger partial charge in [-0.3, -0.25) is 14.4 Å². The molecule has 178 valence electrons. The van der Waals surface area contributed by atoms with Crippen LogP contribution in [0.25, 0.3) is 11.1 Å². The summed E-state index contributed by atoms with van der Waals surface area (Å²) in [4.78, 5) is 40.5. The molecule has 3 aromatic carbocycles. The van der Waals surface area contributed by atoms with Gasteiger partial charge in [-0.2, -0.15) is 0 Å². The van der Waals surface area contributed by atoms with Crippen molar-refractivity contribution in [2.75, 3.05) is 13.2 Å². The Morgan fingerprint density at radius 1 is 0.971 bits per heavy atom. The standard InChI is InChI=1S/C28H25FN2O4/c29-22-12-6-18(7-13-22)16-23(28(34)31-15-14-25-26(31)24(32)17-35-25)30-27(33)21-10-8-20(9-11-21)19-4-2-1-3-5-19/h1-13,23,25-26H,14-17H2,(H,30,33). The minimum atomic E-state index is -0.908. The van der Waals surface area contributed by atoms with Crippen molar-refractivity contribution in [1.29, 1.82) is 0 Å². The first-order chi connectivity index (χ1) is 17.0. The number of benzene rings is 3. The Bertz CT molecular complexity index is 1230. The largest absolute Gasteiger partial charge is 0.368 e. The number of rotatable bonds is 6. The van der Waals surface area contributed by atoms with Gasteiger partial charge in [-0.25, -0.2) is 4.39 Å². The van der Waals surface area contributed by atoms with Gasteiger partial charge in [0, 0.05) is 18.5 Å². The van der Waals surface area contributed by atoms with Gasteiger partial charge in [0.15, 0.2) is 5.78 Å². The van der Waals surface area contributed by atoms with Crippen LogP contribution in [0.3, 0.4) is 0 Å². The number of halogens is 1. The number of carbonyl (C=O) groups is 3. The van der Waals surface area contributed by atoms with Crippen molar-refractivity contribution < 1.29 is 23.5 Å². The van der Waals surface area contributed by atoms with E-state index in [1.54, 1.807) is 24.3 Å². The monoisotopic (exact) mass is 472 g/mol. The molecule has 35 heavy (non-hydrogen) atoms. The Morgan fingerprint density at radius 2 is 1.66 bits per heavy atom. The first-order valence-electron chi connectivity index (χ1n) is 11.7. The Morgan fingerprint density at radius 3 is 2.37 bits per heavy atom. The summed E-state index contributed by atoms with van der Waals surface area (Å²) in [7, 11) is 0. The molecular formula is C28H25FN2O4. The van der Waals surface area contributed by atoms with Crippen molar-refractivity contribution in [1.82, 2.24) is 10.2 Å². The second-order valence-electron chi connectivity index (χ2n) is 8.88. The minimum absolute atomic E-state index is 0.00185. The Kier molecular flexibility index (Phi) is 6.42. The average Bonchev–Trinajstić information content (AvgIpc) is 3.48. The van der Waals surface area contributed by atoms with Crippen LogP contribution in [0, 0.1) is 5.82 Å². The van der Waals surface area contributed by atoms with E-state index in [1.165, 1.54) is 17.0 Å². The molecule has 2 aliphatic heterocycles. The third-order valence-corrected chi connectivity index (χ3v) is 6.61. The van der Waals surface area contributed by atoms with Crippen LogP contribution >= 0.6 is 0 Å². The first kappa shape index (κ1) is 22.9. The second-order valence-corrected chi connectivity index (χ2v) is 8.88. The van der Waals surface area contributed by atoms with E-state index in [2.05, 4.69) is 5.32 Å². The van der Waals surface area contributed by atoms with E-state index in [0.29, 0.717) is 24.1 Å². The number of hydrogen-bond acceptors (Lipinski definition) is 4. The zero-order valence-corrected chi connectivity index (χ0v) is 19.0. The van der Waals surface area contributed by atoms with Crippen molar-refractivity contribution >= 4 is 17.6 Å². The fraction of sp³-hybridized carbons (Fsp3) is 0.250. The maximum absolute atomic E-state index is 13.5. The highest BCUT2D eigenvalue weighted by Gasteiger charge is 2.48. The van der Waals surface area contributed by atoms with E-state index in [-0.39, 0.29) is 36.6 Å². The van der Waals surface area contributed by atoms with Crippen molar-refractivity contribution in [2.45, 2.75) is 31.0 Å². The van der Waals surface area contributed by atoms with Gasteiger partial charge in [-0.1, -0.05) is 54.6 Å². The molecule has 3 atom stereocenters. The molecule has 0 aliphatic carbocycles. The zero-order valence-electron chi connectivity index (χ0n) is 19.0. The maximum Gasteiger partial charge on any atom is 0.251 e. The van der Waals surface area contributed by atoms with Gasteiger partial charge in [0.25, 0.3) is 5.91 Å². The summed E-state index contributed by atoms with van der Waals surface area (Å²) < 4.78 is 18.9. The van der Waals surface area contributed by atoms with E-state index >= 15 is 0 Å². The molecule has 7 heteroatoms. The number of amides is 2. The first-order valence-corrected chi connectivity index (χ1v) is 11.7. The number of nitrogens with one attached hydrogen (secondary N) is 1. The van der Waals surface area contributed by atoms with Gasteiger partial charge in [0.2, 0.25) is 5.91 Å². The Hall–Kier alpha value is -3.84. The molecule has 2 fully saturated rings. The molecule has 2 aliphatic rings. The van der Waals surface area contributed by atoms with Gasteiger partial charge in [-0.15, -0.1) is 0 Å². The number of hydrogen-bond donors (Lipinski definition) is 1. The van der Waals surface area contributed by atoms with Crippen molar-refractivity contribution in [3.63, 3.8) is 0 Å². The van der Waals surface area contributed by atoms with Gasteiger partial charge in [0.1, 0.15) is 24.5 Å². The van der Waals surface area contributed by atoms with Crippen LogP contribution in [0.2, 0.25) is 0 Å². The molecule has 1 N–H and O–H groups in total. The highest BCUT2D eigenvalue weighted by molar-refractivity contribution is 5.99. The van der Waals surface area contributed by atoms with Crippen molar-refractivity contribution in [3.05, 3.63) is 95.8 Å². The van der Waals surface area contributed by atoms with E-state index in [4.69, 9.17) is 4.74 Å². The van der Waals surface area contributed by atoms with E-state index in [1.807, 2.05) is 42.5 Å². The van der Waals surface area contributed by atoms with Crippen molar-refractivity contribution in [3.8, 4) is 11.1 Å². The number of likely N-dealkylation sites (tertiary alicyclic amines) is 1. The molecule has 2 saturated heterocycles. The fourth-order valence-corrected chi connectivity index (χ4v) is 4.78. The SMILES string of the molecule is O=C(NC(Cc1ccc(F)cc1)C(=O)N1CCC2OCC(=O)C21)c1ccc(-c2ccccc2)cc1. The smallest absolute Gasteiger partial charge is 0.251 e. The summed E-state index contributed by atoms with van der Waals surface area (Å²) in [5, 5.41) is 2.85. The Balaban J connectivity index is 1.36. The number of Topliss-reactive ketones (excluding diaryl/α,β-unsaturated/α-hetero) is 1.